The third-order valence-corrected chi connectivity index (χ3v) is 4.88. The largest absolute Gasteiger partial charge is 0.494 e. The van der Waals surface area contributed by atoms with Crippen LogP contribution in [-0.4, -0.2) is 25.6 Å². The van der Waals surface area contributed by atoms with Crippen molar-refractivity contribution < 1.29 is 9.53 Å². The highest BCUT2D eigenvalue weighted by atomic mass is 16.5. The van der Waals surface area contributed by atoms with Crippen molar-refractivity contribution >= 4 is 17.3 Å². The van der Waals surface area contributed by atoms with Crippen molar-refractivity contribution in [3.05, 3.63) is 90.5 Å². The topological polar surface area (TPSA) is 41.6 Å². The molecule has 0 aliphatic carbocycles. The third kappa shape index (κ3) is 6.96. The first kappa shape index (κ1) is 21.4. The normalized spacial score (nSPS) is 10.4. The second kappa shape index (κ2) is 11.7. The highest BCUT2D eigenvalue weighted by Gasteiger charge is 2.10. The fourth-order valence-electron chi connectivity index (χ4n) is 3.37. The van der Waals surface area contributed by atoms with E-state index in [0.717, 1.165) is 36.4 Å². The molecule has 1 amide bonds. The maximum Gasteiger partial charge on any atom is 0.216 e. The number of aryl methyl sites for hydroxylation is 1. The fraction of sp³-hybridized carbons (Fsp3) is 0.269. The number of ether oxygens (including phenoxy) is 1. The van der Waals surface area contributed by atoms with Gasteiger partial charge in [0.05, 0.1) is 6.61 Å². The lowest BCUT2D eigenvalue weighted by molar-refractivity contribution is -0.118. The molecule has 0 saturated heterocycles. The summed E-state index contributed by atoms with van der Waals surface area (Å²) in [7, 11) is 0. The van der Waals surface area contributed by atoms with Gasteiger partial charge >= 0.3 is 0 Å². The highest BCUT2D eigenvalue weighted by molar-refractivity contribution is 5.73. The Morgan fingerprint density at radius 1 is 0.867 bits per heavy atom. The molecule has 30 heavy (non-hydrogen) atoms. The molecule has 4 nitrogen and oxygen atoms in total. The van der Waals surface area contributed by atoms with Crippen molar-refractivity contribution in [1.82, 2.24) is 5.32 Å². The number of carbonyl (C=O) groups excluding carboxylic acids is 1. The molecular weight excluding hydrogens is 372 g/mol. The lowest BCUT2D eigenvalue weighted by Crippen LogP contribution is -2.31. The van der Waals surface area contributed by atoms with E-state index in [1.807, 2.05) is 30.3 Å². The van der Waals surface area contributed by atoms with Crippen LogP contribution < -0.4 is 15.0 Å². The zero-order valence-electron chi connectivity index (χ0n) is 17.6. The number of nitrogens with zero attached hydrogens (tertiary/aromatic N) is 1. The molecular formula is C26H30N2O2. The summed E-state index contributed by atoms with van der Waals surface area (Å²) in [5.74, 6) is 0.850. The number of amides is 1. The van der Waals surface area contributed by atoms with Crippen LogP contribution >= 0.6 is 0 Å². The molecule has 3 aromatic carbocycles. The minimum absolute atomic E-state index is 0.0180. The lowest BCUT2D eigenvalue weighted by Gasteiger charge is -2.25. The zero-order valence-corrected chi connectivity index (χ0v) is 17.6. The van der Waals surface area contributed by atoms with Crippen LogP contribution in [0.1, 0.15) is 25.3 Å². The number of unbranched alkanes of at least 4 members (excludes halogenated alkanes) is 1. The molecule has 3 rings (SSSR count). The van der Waals surface area contributed by atoms with E-state index in [0.29, 0.717) is 19.7 Å². The third-order valence-electron chi connectivity index (χ3n) is 4.88. The molecule has 3 aromatic rings. The van der Waals surface area contributed by atoms with Gasteiger partial charge in [0.2, 0.25) is 5.91 Å². The van der Waals surface area contributed by atoms with Gasteiger partial charge in [0.1, 0.15) is 5.75 Å². The summed E-state index contributed by atoms with van der Waals surface area (Å²) >= 11 is 0. The molecule has 0 unspecified atom stereocenters. The summed E-state index contributed by atoms with van der Waals surface area (Å²) < 4.78 is 6.02. The molecule has 0 heterocycles. The predicted molar refractivity (Wildman–Crippen MR) is 123 cm³/mol. The Morgan fingerprint density at radius 3 is 2.30 bits per heavy atom. The smallest absolute Gasteiger partial charge is 0.216 e. The van der Waals surface area contributed by atoms with Gasteiger partial charge in [-0.25, -0.2) is 0 Å². The van der Waals surface area contributed by atoms with Crippen LogP contribution in [0.2, 0.25) is 0 Å². The first-order chi connectivity index (χ1) is 14.7. The maximum atomic E-state index is 11.3. The van der Waals surface area contributed by atoms with Crippen molar-refractivity contribution in [1.29, 1.82) is 0 Å². The number of hydrogen-bond acceptors (Lipinski definition) is 3. The Kier molecular flexibility index (Phi) is 8.34. The summed E-state index contributed by atoms with van der Waals surface area (Å²) in [6, 6.07) is 28.9. The Hall–Kier alpha value is -3.27. The van der Waals surface area contributed by atoms with Crippen molar-refractivity contribution in [3.8, 4) is 5.75 Å². The summed E-state index contributed by atoms with van der Waals surface area (Å²) in [4.78, 5) is 13.5. The average Bonchev–Trinajstić information content (AvgIpc) is 2.78. The Labute approximate surface area is 179 Å². The number of para-hydroxylation sites is 1. The molecule has 0 aromatic heterocycles. The van der Waals surface area contributed by atoms with Gasteiger partial charge in [-0.3, -0.25) is 4.79 Å². The highest BCUT2D eigenvalue weighted by Crippen LogP contribution is 2.28. The second-order valence-corrected chi connectivity index (χ2v) is 7.26. The van der Waals surface area contributed by atoms with E-state index in [-0.39, 0.29) is 5.91 Å². The average molecular weight is 403 g/mol. The van der Waals surface area contributed by atoms with Crippen LogP contribution in [0.3, 0.4) is 0 Å². The number of carbonyl (C=O) groups is 1. The minimum atomic E-state index is -0.0180. The van der Waals surface area contributed by atoms with Gasteiger partial charge in [0.15, 0.2) is 0 Å². The van der Waals surface area contributed by atoms with E-state index in [4.69, 9.17) is 4.74 Å². The monoisotopic (exact) mass is 402 g/mol. The van der Waals surface area contributed by atoms with Crippen molar-refractivity contribution in [2.24, 2.45) is 0 Å². The Morgan fingerprint density at radius 2 is 1.57 bits per heavy atom. The SMILES string of the molecule is CC(=O)NCCN(c1ccccc1)c1cccc(OCCCCc2ccccc2)c1. The zero-order chi connectivity index (χ0) is 21.0. The molecule has 156 valence electrons. The van der Waals surface area contributed by atoms with Crippen LogP contribution in [0.4, 0.5) is 11.4 Å². The Balaban J connectivity index is 1.57. The first-order valence-corrected chi connectivity index (χ1v) is 10.6. The second-order valence-electron chi connectivity index (χ2n) is 7.26. The van der Waals surface area contributed by atoms with Crippen molar-refractivity contribution in [2.45, 2.75) is 26.2 Å². The number of hydrogen-bond donors (Lipinski definition) is 1. The number of anilines is 2. The molecule has 0 saturated carbocycles. The molecule has 0 bridgehead atoms. The Bertz CT molecular complexity index is 897. The van der Waals surface area contributed by atoms with Gasteiger partial charge in [-0.05, 0) is 49.1 Å². The summed E-state index contributed by atoms with van der Waals surface area (Å²) in [6.07, 6.45) is 3.20. The van der Waals surface area contributed by atoms with Gasteiger partial charge in [0, 0.05) is 37.5 Å². The molecule has 0 atom stereocenters. The van der Waals surface area contributed by atoms with E-state index in [2.05, 4.69) is 64.8 Å². The van der Waals surface area contributed by atoms with Crippen molar-refractivity contribution in [3.63, 3.8) is 0 Å². The minimum Gasteiger partial charge on any atom is -0.494 e. The van der Waals surface area contributed by atoms with E-state index in [1.165, 1.54) is 5.56 Å². The van der Waals surface area contributed by atoms with Gasteiger partial charge in [-0.1, -0.05) is 54.6 Å². The van der Waals surface area contributed by atoms with E-state index in [1.54, 1.807) is 6.92 Å². The van der Waals surface area contributed by atoms with Gasteiger partial charge in [-0.2, -0.15) is 0 Å². The fourth-order valence-corrected chi connectivity index (χ4v) is 3.37. The number of benzene rings is 3. The maximum absolute atomic E-state index is 11.3. The first-order valence-electron chi connectivity index (χ1n) is 10.6. The molecule has 0 aliphatic rings. The van der Waals surface area contributed by atoms with E-state index >= 15 is 0 Å². The number of rotatable bonds is 11. The molecule has 0 aliphatic heterocycles. The van der Waals surface area contributed by atoms with Crippen LogP contribution in [0.5, 0.6) is 5.75 Å². The summed E-state index contributed by atoms with van der Waals surface area (Å²) in [5, 5.41) is 2.88. The van der Waals surface area contributed by atoms with E-state index < -0.39 is 0 Å². The molecule has 4 heteroatoms. The van der Waals surface area contributed by atoms with Gasteiger partial charge in [0.25, 0.3) is 0 Å². The van der Waals surface area contributed by atoms with E-state index in [9.17, 15) is 4.79 Å². The summed E-state index contributed by atoms with van der Waals surface area (Å²) in [5.41, 5.74) is 3.51. The van der Waals surface area contributed by atoms with Gasteiger partial charge in [-0.15, -0.1) is 0 Å². The molecule has 0 spiro atoms. The number of nitrogens with one attached hydrogen (secondary N) is 1. The predicted octanol–water partition coefficient (Wildman–Crippen LogP) is 5.36. The quantitative estimate of drug-likeness (QED) is 0.439. The van der Waals surface area contributed by atoms with Crippen LogP contribution in [0.15, 0.2) is 84.9 Å². The van der Waals surface area contributed by atoms with Gasteiger partial charge < -0.3 is 15.0 Å². The standard InChI is InChI=1S/C26H30N2O2/c1-22(29)27-18-19-28(24-14-6-3-7-15-24)25-16-10-17-26(21-25)30-20-9-8-13-23-11-4-2-5-12-23/h2-7,10-12,14-17,21H,8-9,13,18-20H2,1H3,(H,27,29). The molecule has 0 radical (unpaired) electrons. The van der Waals surface area contributed by atoms with Crippen LogP contribution in [-0.2, 0) is 11.2 Å². The lowest BCUT2D eigenvalue weighted by atomic mass is 10.1. The van der Waals surface area contributed by atoms with Crippen LogP contribution in [0, 0.1) is 0 Å². The van der Waals surface area contributed by atoms with Crippen LogP contribution in [0.25, 0.3) is 0 Å². The van der Waals surface area contributed by atoms with Crippen molar-refractivity contribution in [2.75, 3.05) is 24.6 Å². The molecule has 0 fully saturated rings. The summed E-state index contributed by atoms with van der Waals surface area (Å²) in [6.45, 7) is 3.51. The molecule has 1 N–H and O–H groups in total.